The summed E-state index contributed by atoms with van der Waals surface area (Å²) in [5.41, 5.74) is 7.55. The molecule has 1 aromatic heterocycles. The molecule has 0 spiro atoms. The van der Waals surface area contributed by atoms with E-state index in [1.54, 1.807) is 16.8 Å². The number of benzene rings is 2. The Labute approximate surface area is 231 Å². The van der Waals surface area contributed by atoms with Crippen LogP contribution in [0.2, 0.25) is 5.02 Å². The van der Waals surface area contributed by atoms with Gasteiger partial charge in [-0.1, -0.05) is 17.7 Å². The predicted molar refractivity (Wildman–Crippen MR) is 157 cm³/mol. The number of piperazine rings is 1. The molecule has 39 heavy (non-hydrogen) atoms. The number of aromatic nitrogens is 1. The summed E-state index contributed by atoms with van der Waals surface area (Å²) in [7, 11) is 2.16. The quantitative estimate of drug-likeness (QED) is 0.436. The highest BCUT2D eigenvalue weighted by atomic mass is 35.5. The highest BCUT2D eigenvalue weighted by Gasteiger charge is 2.22. The van der Waals surface area contributed by atoms with Gasteiger partial charge in [0.1, 0.15) is 5.82 Å². The number of hydrogen-bond acceptors (Lipinski definition) is 9. The predicted octanol–water partition coefficient (Wildman–Crippen LogP) is 3.42. The first-order valence-electron chi connectivity index (χ1n) is 13.1. The van der Waals surface area contributed by atoms with Crippen LogP contribution >= 0.6 is 11.6 Å². The molecule has 1 saturated heterocycles. The van der Waals surface area contributed by atoms with Gasteiger partial charge in [-0.15, -0.1) is 5.10 Å². The van der Waals surface area contributed by atoms with Crippen LogP contribution < -0.4 is 26.5 Å². The fourth-order valence-corrected chi connectivity index (χ4v) is 5.36. The maximum atomic E-state index is 13.6. The van der Waals surface area contributed by atoms with Gasteiger partial charge in [-0.25, -0.2) is 4.99 Å². The van der Waals surface area contributed by atoms with Gasteiger partial charge in [-0.05, 0) is 56.4 Å². The van der Waals surface area contributed by atoms with E-state index < -0.39 is 6.29 Å². The topological polar surface area (TPSA) is 98.5 Å². The largest absolute Gasteiger partial charge is 0.454 e. The van der Waals surface area contributed by atoms with Crippen molar-refractivity contribution in [3.8, 4) is 11.1 Å². The first kappa shape index (κ1) is 25.3. The summed E-state index contributed by atoms with van der Waals surface area (Å²) in [5.74, 6) is 1.20. The highest BCUT2D eigenvalue weighted by Crippen LogP contribution is 2.30. The number of rotatable bonds is 6. The molecule has 0 radical (unpaired) electrons. The molecular formula is C28H31ClN8O2. The van der Waals surface area contributed by atoms with E-state index >= 15 is 0 Å². The van der Waals surface area contributed by atoms with E-state index in [2.05, 4.69) is 67.3 Å². The van der Waals surface area contributed by atoms with Crippen LogP contribution in [-0.4, -0.2) is 67.8 Å². The summed E-state index contributed by atoms with van der Waals surface area (Å²) >= 11 is 6.63. The van der Waals surface area contributed by atoms with Gasteiger partial charge in [0.15, 0.2) is 13.0 Å². The lowest BCUT2D eigenvalue weighted by Crippen LogP contribution is -2.44. The Bertz CT molecular complexity index is 1490. The normalized spacial score (nSPS) is 18.6. The van der Waals surface area contributed by atoms with Crippen LogP contribution in [0, 0.1) is 0 Å². The van der Waals surface area contributed by atoms with Crippen LogP contribution in [-0.2, 0) is 11.3 Å². The molecule has 11 heteroatoms. The Morgan fingerprint density at radius 1 is 1.08 bits per heavy atom. The third-order valence-corrected chi connectivity index (χ3v) is 7.58. The SMILES string of the molecule is CCn1c2c(cc(-c3ccc(C4=NNCO4)cc3Cl)c1=O)C=NC(Nc1ccc(N3CCN(C)CC3)cc1)N2. The third-order valence-electron chi connectivity index (χ3n) is 7.27. The van der Waals surface area contributed by atoms with Gasteiger partial charge in [0.25, 0.3) is 5.56 Å². The van der Waals surface area contributed by atoms with E-state index in [9.17, 15) is 4.79 Å². The first-order valence-corrected chi connectivity index (χ1v) is 13.5. The van der Waals surface area contributed by atoms with Crippen LogP contribution in [0.1, 0.15) is 18.1 Å². The summed E-state index contributed by atoms with van der Waals surface area (Å²) < 4.78 is 7.16. The molecule has 1 fully saturated rings. The molecular weight excluding hydrogens is 516 g/mol. The summed E-state index contributed by atoms with van der Waals surface area (Å²) in [6, 6.07) is 15.7. The average Bonchev–Trinajstić information content (AvgIpc) is 3.49. The van der Waals surface area contributed by atoms with Gasteiger partial charge in [-0.2, -0.15) is 0 Å². The molecule has 3 aliphatic rings. The molecule has 0 bridgehead atoms. The second-order valence-electron chi connectivity index (χ2n) is 9.78. The fourth-order valence-electron chi connectivity index (χ4n) is 5.08. The van der Waals surface area contributed by atoms with Crippen molar-refractivity contribution in [1.29, 1.82) is 0 Å². The van der Waals surface area contributed by atoms with E-state index in [-0.39, 0.29) is 5.56 Å². The number of halogens is 1. The molecule has 6 rings (SSSR count). The van der Waals surface area contributed by atoms with Crippen molar-refractivity contribution in [2.24, 2.45) is 10.1 Å². The number of fused-ring (bicyclic) bond motifs is 1. The van der Waals surface area contributed by atoms with Gasteiger partial charge < -0.3 is 25.2 Å². The molecule has 4 heterocycles. The number of nitrogens with one attached hydrogen (secondary N) is 3. The number of likely N-dealkylation sites (N-methyl/N-ethyl adjacent to an activating group) is 1. The molecule has 0 aliphatic carbocycles. The first-order chi connectivity index (χ1) is 19.0. The van der Waals surface area contributed by atoms with E-state index in [0.717, 1.165) is 48.8 Å². The number of anilines is 3. The van der Waals surface area contributed by atoms with Gasteiger partial charge in [0.2, 0.25) is 5.90 Å². The maximum absolute atomic E-state index is 13.6. The summed E-state index contributed by atoms with van der Waals surface area (Å²) in [6.45, 7) is 6.97. The van der Waals surface area contributed by atoms with Gasteiger partial charge in [0.05, 0.1) is 0 Å². The van der Waals surface area contributed by atoms with Crippen LogP contribution in [0.4, 0.5) is 17.2 Å². The van der Waals surface area contributed by atoms with Gasteiger partial charge in [0, 0.05) is 77.6 Å². The number of hydrazone groups is 1. The van der Waals surface area contributed by atoms with Crippen molar-refractivity contribution in [1.82, 2.24) is 14.9 Å². The second-order valence-corrected chi connectivity index (χ2v) is 10.2. The van der Waals surface area contributed by atoms with Gasteiger partial charge >= 0.3 is 0 Å². The summed E-state index contributed by atoms with van der Waals surface area (Å²) in [5, 5.41) is 11.4. The third kappa shape index (κ3) is 5.05. The van der Waals surface area contributed by atoms with Gasteiger partial charge in [-0.3, -0.25) is 14.8 Å². The van der Waals surface area contributed by atoms with E-state index in [0.29, 0.717) is 35.3 Å². The van der Waals surface area contributed by atoms with Crippen molar-refractivity contribution in [2.45, 2.75) is 19.8 Å². The highest BCUT2D eigenvalue weighted by molar-refractivity contribution is 6.33. The van der Waals surface area contributed by atoms with Crippen LogP contribution in [0.25, 0.3) is 11.1 Å². The molecule has 202 valence electrons. The Balaban J connectivity index is 1.22. The zero-order valence-electron chi connectivity index (χ0n) is 21.9. The summed E-state index contributed by atoms with van der Waals surface area (Å²) in [6.07, 6.45) is 1.39. The number of ether oxygens (including phenoxy) is 1. The molecule has 0 saturated carbocycles. The van der Waals surface area contributed by atoms with Crippen molar-refractivity contribution >= 4 is 40.9 Å². The Hall–Kier alpha value is -4.02. The molecule has 10 nitrogen and oxygen atoms in total. The molecule has 2 aromatic carbocycles. The van der Waals surface area contributed by atoms with E-state index in [1.807, 2.05) is 25.1 Å². The Morgan fingerprint density at radius 2 is 1.87 bits per heavy atom. The molecule has 1 unspecified atom stereocenters. The molecule has 3 aromatic rings. The standard InChI is InChI=1S/C28H31ClN8O2/c1-3-37-25-19(14-23(27(37)38)22-9-4-18(15-24(22)29)26-34-31-17-39-26)16-30-28(33-25)32-20-5-7-21(8-6-20)36-12-10-35(2)11-13-36/h4-9,14-16,28,31-33H,3,10-13,17H2,1-2H3. The number of hydrogen-bond donors (Lipinski definition) is 3. The average molecular weight is 547 g/mol. The Kier molecular flexibility index (Phi) is 6.88. The zero-order chi connectivity index (χ0) is 26.9. The molecule has 3 N–H and O–H groups in total. The molecule has 3 aliphatic heterocycles. The van der Waals surface area contributed by atoms with Crippen LogP contribution in [0.5, 0.6) is 0 Å². The van der Waals surface area contributed by atoms with Crippen molar-refractivity contribution in [3.63, 3.8) is 0 Å². The number of nitrogens with zero attached hydrogens (tertiary/aromatic N) is 5. The monoisotopic (exact) mass is 546 g/mol. The number of pyridine rings is 1. The van der Waals surface area contributed by atoms with E-state index in [1.165, 1.54) is 5.69 Å². The number of aliphatic imine (C=N–C) groups is 1. The lowest BCUT2D eigenvalue weighted by atomic mass is 10.0. The van der Waals surface area contributed by atoms with Crippen LogP contribution in [0.15, 0.2) is 63.4 Å². The summed E-state index contributed by atoms with van der Waals surface area (Å²) in [4.78, 5) is 23.0. The maximum Gasteiger partial charge on any atom is 0.260 e. The smallest absolute Gasteiger partial charge is 0.260 e. The minimum Gasteiger partial charge on any atom is -0.454 e. The second kappa shape index (κ2) is 10.6. The fraction of sp³-hybridized carbons (Fsp3) is 0.321. The zero-order valence-corrected chi connectivity index (χ0v) is 22.7. The minimum absolute atomic E-state index is 0.125. The molecule has 1 atom stereocenters. The lowest BCUT2D eigenvalue weighted by Gasteiger charge is -2.34. The molecule has 0 amide bonds. The van der Waals surface area contributed by atoms with Crippen LogP contribution in [0.3, 0.4) is 0 Å². The Morgan fingerprint density at radius 3 is 2.56 bits per heavy atom. The van der Waals surface area contributed by atoms with Crippen molar-refractivity contribution < 1.29 is 4.74 Å². The van der Waals surface area contributed by atoms with E-state index in [4.69, 9.17) is 16.3 Å². The van der Waals surface area contributed by atoms with Crippen molar-refractivity contribution in [2.75, 3.05) is 55.5 Å². The van der Waals surface area contributed by atoms with Crippen molar-refractivity contribution in [3.05, 3.63) is 75.0 Å². The lowest BCUT2D eigenvalue weighted by molar-refractivity contribution is 0.313. The minimum atomic E-state index is -0.404.